The maximum Gasteiger partial charge on any atom is 0.408 e. The Hall–Kier alpha value is -10.5. The number of aliphatic carboxylic acids is 1. The molecule has 21 heteroatoms. The van der Waals surface area contributed by atoms with Gasteiger partial charge in [-0.15, -0.1) is 0 Å². The zero-order chi connectivity index (χ0) is 79.5. The lowest BCUT2D eigenvalue weighted by Gasteiger charge is -2.42. The summed E-state index contributed by atoms with van der Waals surface area (Å²) in [4.78, 5) is 104. The number of carboxylic acids is 1. The zero-order valence-corrected chi connectivity index (χ0v) is 67.1. The SMILES string of the molecule is CC(C)[Si](OC(=O)[C@H](Cc1ccccc1)NC(=O)[C@@H](N)Cc1ccccc1)(C(C)C)C(C)C.CC(C)[Si](OC(=O)[C@H](Cc1ccccc1)NC(=O)[C@H](Cc1ccccc1)NC(=O)OCc1ccccc1)(C(C)C)C(C)C.O=C(N[C@@H](Cc1ccccc1)C(=O)N[C@@H](Cc1ccccc1)C(=O)O)OCc1ccccc1. The van der Waals surface area contributed by atoms with E-state index in [0.29, 0.717) is 12.8 Å². The predicted molar refractivity (Wildman–Crippen MR) is 434 cm³/mol. The van der Waals surface area contributed by atoms with Crippen LogP contribution in [-0.2, 0) is 98.8 Å². The molecule has 0 aliphatic carbocycles. The minimum atomic E-state index is -2.57. The fourth-order valence-corrected chi connectivity index (χ4v) is 24.4. The van der Waals surface area contributed by atoms with Gasteiger partial charge in [0, 0.05) is 32.1 Å². The molecule has 0 unspecified atom stereocenters. The van der Waals surface area contributed by atoms with Gasteiger partial charge in [0.25, 0.3) is 16.6 Å². The number of nitrogens with two attached hydrogens (primary N) is 1. The van der Waals surface area contributed by atoms with E-state index in [1.807, 2.05) is 218 Å². The van der Waals surface area contributed by atoms with Gasteiger partial charge in [0.1, 0.15) is 43.4 Å². The van der Waals surface area contributed by atoms with Gasteiger partial charge in [-0.2, -0.15) is 0 Å². The number of hydrogen-bond donors (Lipinski definition) is 7. The molecule has 0 fully saturated rings. The first-order valence-corrected chi connectivity index (χ1v) is 41.9. The first-order chi connectivity index (χ1) is 52.1. The molecule has 8 N–H and O–H groups in total. The van der Waals surface area contributed by atoms with Crippen LogP contribution >= 0.6 is 0 Å². The molecule has 0 saturated carbocycles. The average Bonchev–Trinajstić information content (AvgIpc) is 0.797. The molecule has 0 saturated heterocycles. The Bertz CT molecular complexity index is 4010. The van der Waals surface area contributed by atoms with E-state index in [4.69, 9.17) is 24.1 Å². The van der Waals surface area contributed by atoms with Gasteiger partial charge < -0.3 is 55.7 Å². The number of rotatable bonds is 35. The number of carbonyl (C=O) groups is 8. The Morgan fingerprint density at radius 1 is 0.294 bits per heavy atom. The van der Waals surface area contributed by atoms with Gasteiger partial charge in [0.2, 0.25) is 17.7 Å². The second-order valence-corrected chi connectivity index (χ2v) is 40.0. The van der Waals surface area contributed by atoms with Crippen molar-refractivity contribution in [3.63, 3.8) is 0 Å². The number of ether oxygens (including phenoxy) is 2. The minimum absolute atomic E-state index is 0.0537. The second-order valence-electron chi connectivity index (χ2n) is 29.3. The van der Waals surface area contributed by atoms with E-state index >= 15 is 0 Å². The van der Waals surface area contributed by atoms with Gasteiger partial charge in [-0.1, -0.05) is 326 Å². The van der Waals surface area contributed by atoms with E-state index in [1.165, 1.54) is 0 Å². The monoisotopic (exact) mass is 1520 g/mol. The molecule has 0 radical (unpaired) electrons. The van der Waals surface area contributed by atoms with E-state index in [0.717, 1.165) is 44.5 Å². The van der Waals surface area contributed by atoms with Crippen LogP contribution in [-0.4, -0.2) is 106 Å². The molecule has 5 amide bonds. The van der Waals surface area contributed by atoms with Crippen molar-refractivity contribution < 1.29 is 61.8 Å². The van der Waals surface area contributed by atoms with E-state index in [2.05, 4.69) is 110 Å². The highest BCUT2D eigenvalue weighted by atomic mass is 28.4. The maximum atomic E-state index is 14.0. The highest BCUT2D eigenvalue weighted by Gasteiger charge is 2.51. The third-order valence-electron chi connectivity index (χ3n) is 19.5. The first kappa shape index (κ1) is 87.4. The van der Waals surface area contributed by atoms with Crippen LogP contribution in [0.25, 0.3) is 0 Å². The molecule has 8 aromatic carbocycles. The second kappa shape index (κ2) is 44.7. The van der Waals surface area contributed by atoms with Crippen molar-refractivity contribution in [1.82, 2.24) is 26.6 Å². The summed E-state index contributed by atoms with van der Waals surface area (Å²) in [6.07, 6.45) is 0.0927. The number of carboxylic acid groups (broad SMARTS) is 1. The Balaban J connectivity index is 0.000000259. The molecule has 0 bridgehead atoms. The summed E-state index contributed by atoms with van der Waals surface area (Å²) in [5, 5.41) is 23.3. The standard InChI is InChI=1S/C35H46N2O5Si.C27H40N2O3Si.C26H26N2O5/c1-25(2)43(26(3)4,27(5)6)42-34(39)32(23-29-18-12-8-13-19-29)36-33(38)31(22-28-16-10-7-11-17-28)37-35(40)41-24-30-20-14-9-15-21-30;1-19(2)33(20(3)4,21(5)6)32-27(31)25(18-23-15-11-8-12-16-23)29-26(30)24(28)17-22-13-9-7-10-14-22;29-24(27-23(25(30)31)17-20-12-6-2-7-13-20)22(16-19-10-4-1-5-11-19)28-26(32)33-18-21-14-8-3-9-15-21/h7-21,25-27,31-32H,22-24H2,1-6H3,(H,36,38)(H,37,40);7-16,19-21,24-25H,17-18,28H2,1-6H3,(H,29,30);1-15,22-23H,16-18H2,(H,27,29)(H,28,32)(H,30,31)/t31-,32-;24-,25-;22-,23-/m000/s1. The largest absolute Gasteiger partial charge is 0.517 e. The van der Waals surface area contributed by atoms with Gasteiger partial charge in [-0.25, -0.2) is 14.4 Å². The lowest BCUT2D eigenvalue weighted by molar-refractivity contribution is -0.142. The maximum absolute atomic E-state index is 14.0. The van der Waals surface area contributed by atoms with Crippen LogP contribution in [0.5, 0.6) is 0 Å². The van der Waals surface area contributed by atoms with Crippen molar-refractivity contribution in [3.8, 4) is 0 Å². The quantitative estimate of drug-likeness (QED) is 0.0182. The highest BCUT2D eigenvalue weighted by molar-refractivity contribution is 6.79. The van der Waals surface area contributed by atoms with Crippen LogP contribution in [0.3, 0.4) is 0 Å². The number of amides is 5. The molecule has 0 aliphatic rings. The van der Waals surface area contributed by atoms with Crippen LogP contribution in [0.1, 0.15) is 128 Å². The Kier molecular flexibility index (Phi) is 35.9. The van der Waals surface area contributed by atoms with E-state index in [1.54, 1.807) is 24.3 Å². The smallest absolute Gasteiger partial charge is 0.408 e. The van der Waals surface area contributed by atoms with Gasteiger partial charge in [0.05, 0.1) is 6.04 Å². The topological polar surface area (TPSA) is 280 Å². The number of carbonyl (C=O) groups excluding carboxylic acids is 7. The summed E-state index contributed by atoms with van der Waals surface area (Å²) >= 11 is 0. The third kappa shape index (κ3) is 28.2. The fourth-order valence-electron chi connectivity index (χ4n) is 14.1. The lowest BCUT2D eigenvalue weighted by atomic mass is 10.0. The average molecular weight is 1520 g/mol. The molecule has 0 spiro atoms. The van der Waals surface area contributed by atoms with Crippen LogP contribution in [0.4, 0.5) is 9.59 Å². The Morgan fingerprint density at radius 2 is 0.505 bits per heavy atom. The number of hydrogen-bond acceptors (Lipinski definition) is 13. The van der Waals surface area contributed by atoms with Gasteiger partial charge >= 0.3 is 30.1 Å². The van der Waals surface area contributed by atoms with Crippen molar-refractivity contribution in [2.24, 2.45) is 5.73 Å². The van der Waals surface area contributed by atoms with Crippen molar-refractivity contribution in [2.45, 2.75) is 204 Å². The van der Waals surface area contributed by atoms with Crippen molar-refractivity contribution in [3.05, 3.63) is 287 Å². The molecule has 0 heterocycles. The first-order valence-electron chi connectivity index (χ1n) is 37.6. The van der Waals surface area contributed by atoms with E-state index in [9.17, 15) is 43.5 Å². The van der Waals surface area contributed by atoms with Crippen LogP contribution < -0.4 is 32.3 Å². The lowest BCUT2D eigenvalue weighted by Crippen LogP contribution is -2.56. The molecule has 109 heavy (non-hydrogen) atoms. The summed E-state index contributed by atoms with van der Waals surface area (Å²) < 4.78 is 23.6. The van der Waals surface area contributed by atoms with Crippen molar-refractivity contribution in [2.75, 3.05) is 0 Å². The predicted octanol–water partition coefficient (Wildman–Crippen LogP) is 15.3. The summed E-state index contributed by atoms with van der Waals surface area (Å²) in [6, 6.07) is 69.4. The molecule has 19 nitrogen and oxygen atoms in total. The summed E-state index contributed by atoms with van der Waals surface area (Å²) in [6.45, 7) is 25.7. The Morgan fingerprint density at radius 3 is 0.752 bits per heavy atom. The molecule has 8 aromatic rings. The van der Waals surface area contributed by atoms with Gasteiger partial charge in [-0.3, -0.25) is 24.0 Å². The summed E-state index contributed by atoms with van der Waals surface area (Å²) in [7, 11) is -5.01. The minimum Gasteiger partial charge on any atom is -0.517 e. The third-order valence-corrected chi connectivity index (χ3v) is 31.4. The number of nitrogens with one attached hydrogen (secondary N) is 5. The fraction of sp³-hybridized carbons (Fsp3) is 0.364. The normalized spacial score (nSPS) is 13.0. The van der Waals surface area contributed by atoms with E-state index in [-0.39, 0.29) is 84.0 Å². The summed E-state index contributed by atoms with van der Waals surface area (Å²) in [5.74, 6) is -3.38. The summed E-state index contributed by atoms with van der Waals surface area (Å²) in [5.41, 5.74) is 14.5. The van der Waals surface area contributed by atoms with E-state index < -0.39 is 88.8 Å². The van der Waals surface area contributed by atoms with Crippen LogP contribution in [0, 0.1) is 0 Å². The number of benzene rings is 8. The molecule has 6 atom stereocenters. The van der Waals surface area contributed by atoms with Crippen LogP contribution in [0.15, 0.2) is 243 Å². The van der Waals surface area contributed by atoms with Crippen molar-refractivity contribution in [1.29, 1.82) is 0 Å². The highest BCUT2D eigenvalue weighted by Crippen LogP contribution is 2.44. The van der Waals surface area contributed by atoms with Gasteiger partial charge in [-0.05, 0) is 84.2 Å². The van der Waals surface area contributed by atoms with Gasteiger partial charge in [0.15, 0.2) is 0 Å². The number of alkyl carbamates (subject to hydrolysis) is 2. The molecular formula is C88H112N6O13Si2. The van der Waals surface area contributed by atoms with Crippen LogP contribution in [0.2, 0.25) is 33.2 Å². The molecular weight excluding hydrogens is 1410 g/mol. The Labute approximate surface area is 646 Å². The molecule has 8 rings (SSSR count). The molecule has 0 aromatic heterocycles. The molecule has 0 aliphatic heterocycles. The van der Waals surface area contributed by atoms with Crippen molar-refractivity contribution >= 4 is 64.5 Å². The zero-order valence-electron chi connectivity index (χ0n) is 65.1. The molecule has 580 valence electrons.